The molecule has 3 atom stereocenters. The van der Waals surface area contributed by atoms with Crippen LogP contribution in [-0.2, 0) is 6.42 Å². The molecular formula is C15H24N2O2. The van der Waals surface area contributed by atoms with Gasteiger partial charge in [0, 0.05) is 25.0 Å². The van der Waals surface area contributed by atoms with Gasteiger partial charge in [-0.25, -0.2) is 0 Å². The molecule has 1 aliphatic heterocycles. The van der Waals surface area contributed by atoms with E-state index in [0.717, 1.165) is 25.2 Å². The second-order valence-electron chi connectivity index (χ2n) is 5.41. The summed E-state index contributed by atoms with van der Waals surface area (Å²) in [5, 5.41) is 12.9. The van der Waals surface area contributed by atoms with E-state index in [1.54, 1.807) is 0 Å². The summed E-state index contributed by atoms with van der Waals surface area (Å²) in [5.74, 6) is 0.997. The Labute approximate surface area is 115 Å². The molecule has 1 aromatic rings. The topological polar surface area (TPSA) is 67.5 Å². The van der Waals surface area contributed by atoms with E-state index in [2.05, 4.69) is 24.4 Å². The SMILES string of the molecule is CC(O)CC(C)NC(CN)c1ccc2c(c1)CCO2. The van der Waals surface area contributed by atoms with Gasteiger partial charge in [-0.1, -0.05) is 12.1 Å². The highest BCUT2D eigenvalue weighted by molar-refractivity contribution is 5.40. The molecule has 0 amide bonds. The predicted octanol–water partition coefficient (Wildman–Crippen LogP) is 1.37. The minimum Gasteiger partial charge on any atom is -0.493 e. The minimum atomic E-state index is -0.297. The van der Waals surface area contributed by atoms with Crippen LogP contribution in [0, 0.1) is 0 Å². The molecule has 1 aliphatic rings. The average Bonchev–Trinajstić information content (AvgIpc) is 2.82. The van der Waals surface area contributed by atoms with E-state index in [4.69, 9.17) is 10.5 Å². The highest BCUT2D eigenvalue weighted by Crippen LogP contribution is 2.28. The lowest BCUT2D eigenvalue weighted by atomic mass is 10.0. The van der Waals surface area contributed by atoms with Crippen LogP contribution in [0.15, 0.2) is 18.2 Å². The van der Waals surface area contributed by atoms with Crippen molar-refractivity contribution < 1.29 is 9.84 Å². The number of rotatable bonds is 6. The van der Waals surface area contributed by atoms with Crippen LogP contribution in [0.3, 0.4) is 0 Å². The van der Waals surface area contributed by atoms with Gasteiger partial charge in [0.2, 0.25) is 0 Å². The number of ether oxygens (including phenoxy) is 1. The number of hydrogen-bond acceptors (Lipinski definition) is 4. The molecule has 2 rings (SSSR count). The number of aliphatic hydroxyl groups excluding tert-OH is 1. The molecular weight excluding hydrogens is 240 g/mol. The molecule has 4 heteroatoms. The second-order valence-corrected chi connectivity index (χ2v) is 5.41. The second kappa shape index (κ2) is 6.37. The largest absolute Gasteiger partial charge is 0.493 e. The molecule has 0 spiro atoms. The summed E-state index contributed by atoms with van der Waals surface area (Å²) in [6.45, 7) is 5.20. The molecule has 0 aliphatic carbocycles. The summed E-state index contributed by atoms with van der Waals surface area (Å²) in [5.41, 5.74) is 8.34. The zero-order valence-electron chi connectivity index (χ0n) is 11.7. The van der Waals surface area contributed by atoms with E-state index in [9.17, 15) is 5.11 Å². The summed E-state index contributed by atoms with van der Waals surface area (Å²) < 4.78 is 5.52. The van der Waals surface area contributed by atoms with Crippen LogP contribution in [0.1, 0.15) is 37.4 Å². The van der Waals surface area contributed by atoms with Crippen LogP contribution in [0.4, 0.5) is 0 Å². The normalized spacial score (nSPS) is 18.5. The average molecular weight is 264 g/mol. The van der Waals surface area contributed by atoms with Crippen molar-refractivity contribution >= 4 is 0 Å². The van der Waals surface area contributed by atoms with E-state index in [-0.39, 0.29) is 18.2 Å². The quantitative estimate of drug-likeness (QED) is 0.726. The summed E-state index contributed by atoms with van der Waals surface area (Å²) in [4.78, 5) is 0. The van der Waals surface area contributed by atoms with Crippen LogP contribution >= 0.6 is 0 Å². The van der Waals surface area contributed by atoms with Crippen LogP contribution in [-0.4, -0.2) is 30.4 Å². The molecule has 0 saturated carbocycles. The molecule has 0 saturated heterocycles. The summed E-state index contributed by atoms with van der Waals surface area (Å²) >= 11 is 0. The minimum absolute atomic E-state index is 0.125. The van der Waals surface area contributed by atoms with E-state index >= 15 is 0 Å². The summed E-state index contributed by atoms with van der Waals surface area (Å²) in [6, 6.07) is 6.64. The molecule has 106 valence electrons. The first-order chi connectivity index (χ1) is 9.10. The van der Waals surface area contributed by atoms with Gasteiger partial charge >= 0.3 is 0 Å². The maximum atomic E-state index is 9.42. The fraction of sp³-hybridized carbons (Fsp3) is 0.600. The van der Waals surface area contributed by atoms with Gasteiger partial charge in [0.15, 0.2) is 0 Å². The Bertz CT molecular complexity index is 421. The molecule has 4 N–H and O–H groups in total. The van der Waals surface area contributed by atoms with Crippen molar-refractivity contribution in [3.8, 4) is 5.75 Å². The standard InChI is InChI=1S/C15H24N2O2/c1-10(7-11(2)18)17-14(9-16)12-3-4-15-13(8-12)5-6-19-15/h3-4,8,10-11,14,17-18H,5-7,9,16H2,1-2H3. The van der Waals surface area contributed by atoms with Gasteiger partial charge in [-0.2, -0.15) is 0 Å². The number of nitrogens with one attached hydrogen (secondary N) is 1. The zero-order valence-corrected chi connectivity index (χ0v) is 11.7. The molecule has 3 unspecified atom stereocenters. The van der Waals surface area contributed by atoms with E-state index < -0.39 is 0 Å². The first-order valence-electron chi connectivity index (χ1n) is 7.00. The number of benzene rings is 1. The molecule has 1 aromatic carbocycles. The maximum Gasteiger partial charge on any atom is 0.122 e. The Morgan fingerprint density at radius 1 is 1.42 bits per heavy atom. The van der Waals surface area contributed by atoms with Crippen molar-refractivity contribution in [1.82, 2.24) is 5.32 Å². The number of hydrogen-bond donors (Lipinski definition) is 3. The molecule has 0 bridgehead atoms. The smallest absolute Gasteiger partial charge is 0.122 e. The molecule has 19 heavy (non-hydrogen) atoms. The van der Waals surface area contributed by atoms with Crippen LogP contribution in [0.2, 0.25) is 0 Å². The number of nitrogens with two attached hydrogens (primary N) is 1. The van der Waals surface area contributed by atoms with Crippen molar-refractivity contribution in [2.24, 2.45) is 5.73 Å². The summed E-state index contributed by atoms with van der Waals surface area (Å²) in [6.07, 6.45) is 1.41. The fourth-order valence-corrected chi connectivity index (χ4v) is 2.65. The number of aliphatic hydroxyl groups is 1. The van der Waals surface area contributed by atoms with Gasteiger partial charge in [0.25, 0.3) is 0 Å². The third-order valence-corrected chi connectivity index (χ3v) is 3.53. The van der Waals surface area contributed by atoms with E-state index in [0.29, 0.717) is 6.54 Å². The molecule has 0 radical (unpaired) electrons. The van der Waals surface area contributed by atoms with E-state index in [1.165, 1.54) is 11.1 Å². The maximum absolute atomic E-state index is 9.42. The van der Waals surface area contributed by atoms with Gasteiger partial charge in [-0.05, 0) is 37.5 Å². The monoisotopic (exact) mass is 264 g/mol. The molecule has 0 fully saturated rings. The van der Waals surface area contributed by atoms with Crippen LogP contribution < -0.4 is 15.8 Å². The van der Waals surface area contributed by atoms with Gasteiger partial charge in [-0.3, -0.25) is 0 Å². The van der Waals surface area contributed by atoms with Gasteiger partial charge in [0.05, 0.1) is 12.7 Å². The lowest BCUT2D eigenvalue weighted by Crippen LogP contribution is -2.36. The highest BCUT2D eigenvalue weighted by Gasteiger charge is 2.18. The van der Waals surface area contributed by atoms with Crippen LogP contribution in [0.25, 0.3) is 0 Å². The van der Waals surface area contributed by atoms with Crippen LogP contribution in [0.5, 0.6) is 5.75 Å². The van der Waals surface area contributed by atoms with Crippen molar-refractivity contribution in [2.45, 2.75) is 44.9 Å². The lowest BCUT2D eigenvalue weighted by Gasteiger charge is -2.23. The molecule has 4 nitrogen and oxygen atoms in total. The fourth-order valence-electron chi connectivity index (χ4n) is 2.65. The van der Waals surface area contributed by atoms with Gasteiger partial charge in [-0.15, -0.1) is 0 Å². The predicted molar refractivity (Wildman–Crippen MR) is 76.3 cm³/mol. The first kappa shape index (κ1) is 14.3. The Morgan fingerprint density at radius 3 is 2.89 bits per heavy atom. The Balaban J connectivity index is 2.05. The Kier molecular flexibility index (Phi) is 4.80. The molecule has 1 heterocycles. The third-order valence-electron chi connectivity index (χ3n) is 3.53. The lowest BCUT2D eigenvalue weighted by molar-refractivity contribution is 0.168. The molecule has 0 aromatic heterocycles. The van der Waals surface area contributed by atoms with E-state index in [1.807, 2.05) is 13.0 Å². The summed E-state index contributed by atoms with van der Waals surface area (Å²) in [7, 11) is 0. The zero-order chi connectivity index (χ0) is 13.8. The van der Waals surface area contributed by atoms with Crippen molar-refractivity contribution in [1.29, 1.82) is 0 Å². The van der Waals surface area contributed by atoms with Crippen molar-refractivity contribution in [3.05, 3.63) is 29.3 Å². The Hall–Kier alpha value is -1.10. The van der Waals surface area contributed by atoms with Gasteiger partial charge in [0.1, 0.15) is 5.75 Å². The highest BCUT2D eigenvalue weighted by atomic mass is 16.5. The number of fused-ring (bicyclic) bond motifs is 1. The van der Waals surface area contributed by atoms with Crippen molar-refractivity contribution in [3.63, 3.8) is 0 Å². The first-order valence-corrected chi connectivity index (χ1v) is 7.00. The third kappa shape index (κ3) is 3.69. The Morgan fingerprint density at radius 2 is 2.21 bits per heavy atom. The van der Waals surface area contributed by atoms with Gasteiger partial charge < -0.3 is 20.9 Å². The van der Waals surface area contributed by atoms with Crippen molar-refractivity contribution in [2.75, 3.05) is 13.2 Å².